The van der Waals surface area contributed by atoms with Crippen LogP contribution in [0.15, 0.2) is 42.5 Å². The molecule has 0 aliphatic heterocycles. The van der Waals surface area contributed by atoms with Crippen LogP contribution in [-0.4, -0.2) is 11.7 Å². The first kappa shape index (κ1) is 14.0. The van der Waals surface area contributed by atoms with Gasteiger partial charge in [0.15, 0.2) is 0 Å². The number of aliphatic hydroxyl groups is 1. The van der Waals surface area contributed by atoms with E-state index < -0.39 is 6.10 Å². The normalized spacial score (nSPS) is 12.2. The summed E-state index contributed by atoms with van der Waals surface area (Å²) in [5, 5.41) is 10.9. The lowest BCUT2D eigenvalue weighted by Crippen LogP contribution is -2.09. The maximum atomic E-state index is 9.98. The van der Waals surface area contributed by atoms with Gasteiger partial charge >= 0.3 is 0 Å². The molecule has 0 saturated carbocycles. The Balaban J connectivity index is 2.00. The summed E-state index contributed by atoms with van der Waals surface area (Å²) < 4.78 is 5.47. The van der Waals surface area contributed by atoms with Gasteiger partial charge < -0.3 is 15.6 Å². The molecule has 5 heteroatoms. The van der Waals surface area contributed by atoms with E-state index in [0.717, 1.165) is 5.56 Å². The van der Waals surface area contributed by atoms with Crippen LogP contribution in [0, 0.1) is 0 Å². The summed E-state index contributed by atoms with van der Waals surface area (Å²) in [6.07, 6.45) is -0.743. The number of hydrogen-bond acceptors (Lipinski definition) is 3. The number of hydrogen-bond donors (Lipinski definition) is 2. The summed E-state index contributed by atoms with van der Waals surface area (Å²) in [5.41, 5.74) is 6.97. The van der Waals surface area contributed by atoms with Crippen LogP contribution in [0.25, 0.3) is 0 Å². The van der Waals surface area contributed by atoms with Crippen molar-refractivity contribution in [2.24, 2.45) is 0 Å². The van der Waals surface area contributed by atoms with E-state index in [-0.39, 0.29) is 6.61 Å². The number of benzene rings is 2. The van der Waals surface area contributed by atoms with E-state index in [4.69, 9.17) is 33.7 Å². The van der Waals surface area contributed by atoms with Crippen molar-refractivity contribution < 1.29 is 9.84 Å². The van der Waals surface area contributed by atoms with E-state index in [1.165, 1.54) is 0 Å². The van der Waals surface area contributed by atoms with Gasteiger partial charge in [-0.25, -0.2) is 0 Å². The van der Waals surface area contributed by atoms with Crippen molar-refractivity contribution in [3.63, 3.8) is 0 Å². The fourth-order valence-electron chi connectivity index (χ4n) is 1.58. The molecule has 3 N–H and O–H groups in total. The molecule has 19 heavy (non-hydrogen) atoms. The summed E-state index contributed by atoms with van der Waals surface area (Å²) >= 11 is 11.8. The maximum Gasteiger partial charge on any atom is 0.138 e. The van der Waals surface area contributed by atoms with Gasteiger partial charge in [0.25, 0.3) is 0 Å². The molecule has 0 fully saturated rings. The summed E-state index contributed by atoms with van der Waals surface area (Å²) in [7, 11) is 0. The number of rotatable bonds is 4. The Hall–Kier alpha value is -1.42. The van der Waals surface area contributed by atoms with Crippen LogP contribution in [0.1, 0.15) is 11.7 Å². The molecule has 0 heterocycles. The second kappa shape index (κ2) is 6.15. The average molecular weight is 298 g/mol. The Morgan fingerprint density at radius 3 is 2.42 bits per heavy atom. The standard InChI is InChI=1S/C14H13Cl2NO2/c15-10-3-6-14(12(16)7-10)19-8-13(18)9-1-4-11(17)5-2-9/h1-7,13,18H,8,17H2. The van der Waals surface area contributed by atoms with Crippen molar-refractivity contribution >= 4 is 28.9 Å². The van der Waals surface area contributed by atoms with Crippen LogP contribution in [0.3, 0.4) is 0 Å². The molecule has 0 amide bonds. The first-order valence-corrected chi connectivity index (χ1v) is 6.43. The van der Waals surface area contributed by atoms with Crippen molar-refractivity contribution in [3.05, 3.63) is 58.1 Å². The van der Waals surface area contributed by atoms with Crippen LogP contribution in [0.2, 0.25) is 10.0 Å². The molecule has 0 radical (unpaired) electrons. The molecular formula is C14H13Cl2NO2. The molecular weight excluding hydrogens is 285 g/mol. The lowest BCUT2D eigenvalue weighted by molar-refractivity contribution is 0.108. The lowest BCUT2D eigenvalue weighted by atomic mass is 10.1. The van der Waals surface area contributed by atoms with Crippen molar-refractivity contribution in [2.45, 2.75) is 6.10 Å². The Bertz CT molecular complexity index is 558. The molecule has 0 aliphatic carbocycles. The van der Waals surface area contributed by atoms with Gasteiger partial charge in [-0.3, -0.25) is 0 Å². The number of ether oxygens (including phenoxy) is 1. The van der Waals surface area contributed by atoms with E-state index in [0.29, 0.717) is 21.5 Å². The second-order valence-electron chi connectivity index (χ2n) is 4.07. The van der Waals surface area contributed by atoms with E-state index in [1.807, 2.05) is 0 Å². The van der Waals surface area contributed by atoms with Crippen molar-refractivity contribution in [1.82, 2.24) is 0 Å². The minimum atomic E-state index is -0.743. The molecule has 3 nitrogen and oxygen atoms in total. The minimum Gasteiger partial charge on any atom is -0.489 e. The van der Waals surface area contributed by atoms with E-state index in [1.54, 1.807) is 42.5 Å². The Labute approximate surface area is 121 Å². The van der Waals surface area contributed by atoms with Gasteiger partial charge in [0.2, 0.25) is 0 Å². The number of anilines is 1. The molecule has 2 aromatic carbocycles. The topological polar surface area (TPSA) is 55.5 Å². The zero-order valence-corrected chi connectivity index (χ0v) is 11.5. The Morgan fingerprint density at radius 2 is 1.79 bits per heavy atom. The van der Waals surface area contributed by atoms with Gasteiger partial charge in [-0.05, 0) is 35.9 Å². The highest BCUT2D eigenvalue weighted by molar-refractivity contribution is 6.35. The van der Waals surface area contributed by atoms with E-state index in [2.05, 4.69) is 0 Å². The van der Waals surface area contributed by atoms with Gasteiger partial charge in [0.05, 0.1) is 5.02 Å². The van der Waals surface area contributed by atoms with Gasteiger partial charge in [0.1, 0.15) is 18.5 Å². The molecule has 2 rings (SSSR count). The van der Waals surface area contributed by atoms with Crippen LogP contribution in [-0.2, 0) is 0 Å². The first-order chi connectivity index (χ1) is 9.06. The highest BCUT2D eigenvalue weighted by Crippen LogP contribution is 2.28. The van der Waals surface area contributed by atoms with Crippen LogP contribution < -0.4 is 10.5 Å². The molecule has 0 aromatic heterocycles. The van der Waals surface area contributed by atoms with Crippen LogP contribution in [0.5, 0.6) is 5.75 Å². The minimum absolute atomic E-state index is 0.102. The summed E-state index contributed by atoms with van der Waals surface area (Å²) in [6.45, 7) is 0.102. The van der Waals surface area contributed by atoms with Crippen molar-refractivity contribution in [1.29, 1.82) is 0 Å². The number of aliphatic hydroxyl groups excluding tert-OH is 1. The summed E-state index contributed by atoms with van der Waals surface area (Å²) in [5.74, 6) is 0.487. The molecule has 1 unspecified atom stereocenters. The fourth-order valence-corrected chi connectivity index (χ4v) is 2.04. The molecule has 0 saturated heterocycles. The lowest BCUT2D eigenvalue weighted by Gasteiger charge is -2.13. The number of halogens is 2. The van der Waals surface area contributed by atoms with Crippen molar-refractivity contribution in [3.8, 4) is 5.75 Å². The largest absolute Gasteiger partial charge is 0.489 e. The second-order valence-corrected chi connectivity index (χ2v) is 4.91. The predicted molar refractivity (Wildman–Crippen MR) is 77.8 cm³/mol. The van der Waals surface area contributed by atoms with Gasteiger partial charge in [-0.1, -0.05) is 35.3 Å². The third-order valence-electron chi connectivity index (χ3n) is 2.61. The van der Waals surface area contributed by atoms with Crippen molar-refractivity contribution in [2.75, 3.05) is 12.3 Å². The highest BCUT2D eigenvalue weighted by Gasteiger charge is 2.10. The molecule has 2 aromatic rings. The van der Waals surface area contributed by atoms with Gasteiger partial charge in [-0.15, -0.1) is 0 Å². The maximum absolute atomic E-state index is 9.98. The molecule has 1 atom stereocenters. The van der Waals surface area contributed by atoms with E-state index in [9.17, 15) is 5.11 Å². The summed E-state index contributed by atoms with van der Waals surface area (Å²) in [6, 6.07) is 11.9. The Kier molecular flexibility index (Phi) is 4.53. The van der Waals surface area contributed by atoms with Gasteiger partial charge in [0, 0.05) is 10.7 Å². The summed E-state index contributed by atoms with van der Waals surface area (Å²) in [4.78, 5) is 0. The molecule has 0 aliphatic rings. The number of nitrogen functional groups attached to an aromatic ring is 1. The third kappa shape index (κ3) is 3.77. The Morgan fingerprint density at radius 1 is 1.11 bits per heavy atom. The van der Waals surface area contributed by atoms with Crippen LogP contribution >= 0.6 is 23.2 Å². The fraction of sp³-hybridized carbons (Fsp3) is 0.143. The molecule has 0 spiro atoms. The van der Waals surface area contributed by atoms with E-state index >= 15 is 0 Å². The molecule has 100 valence electrons. The smallest absolute Gasteiger partial charge is 0.138 e. The average Bonchev–Trinajstić information content (AvgIpc) is 2.38. The third-order valence-corrected chi connectivity index (χ3v) is 3.14. The van der Waals surface area contributed by atoms with Gasteiger partial charge in [-0.2, -0.15) is 0 Å². The zero-order valence-electron chi connectivity index (χ0n) is 10.0. The van der Waals surface area contributed by atoms with Crippen LogP contribution in [0.4, 0.5) is 5.69 Å². The monoisotopic (exact) mass is 297 g/mol. The highest BCUT2D eigenvalue weighted by atomic mass is 35.5. The SMILES string of the molecule is Nc1ccc(C(O)COc2ccc(Cl)cc2Cl)cc1. The predicted octanol–water partition coefficient (Wildman–Crippen LogP) is 3.69. The zero-order chi connectivity index (χ0) is 13.8. The quantitative estimate of drug-likeness (QED) is 0.846. The first-order valence-electron chi connectivity index (χ1n) is 5.67. The number of nitrogens with two attached hydrogens (primary N) is 1. The molecule has 0 bridgehead atoms.